The molecule has 1 N–H and O–H groups in total. The molecule has 23 heavy (non-hydrogen) atoms. The third-order valence-corrected chi connectivity index (χ3v) is 4.17. The Kier molecular flexibility index (Phi) is 5.97. The average Bonchev–Trinajstić information content (AvgIpc) is 2.86. The molecule has 2 aromatic rings. The fraction of sp³-hybridized carbons (Fsp3) is 0.474. The number of hydrogen-bond acceptors (Lipinski definition) is 2. The van der Waals surface area contributed by atoms with Gasteiger partial charge in [-0.1, -0.05) is 38.1 Å². The van der Waals surface area contributed by atoms with Gasteiger partial charge >= 0.3 is 0 Å². The van der Waals surface area contributed by atoms with Crippen LogP contribution in [0.25, 0.3) is 11.0 Å². The van der Waals surface area contributed by atoms with Crippen LogP contribution in [0.1, 0.15) is 39.4 Å². The second-order valence-corrected chi connectivity index (χ2v) is 6.11. The number of para-hydroxylation sites is 2. The Morgan fingerprint density at radius 1 is 1.30 bits per heavy atom. The molecule has 0 atom stereocenters. The summed E-state index contributed by atoms with van der Waals surface area (Å²) in [6.45, 7) is 11.5. The first-order valence-corrected chi connectivity index (χ1v) is 8.43. The number of amides is 1. The highest BCUT2D eigenvalue weighted by molar-refractivity contribution is 5.78. The molecule has 0 bridgehead atoms. The van der Waals surface area contributed by atoms with Crippen molar-refractivity contribution in [1.29, 1.82) is 0 Å². The van der Waals surface area contributed by atoms with Crippen LogP contribution in [0.15, 0.2) is 36.4 Å². The molecule has 0 unspecified atom stereocenters. The summed E-state index contributed by atoms with van der Waals surface area (Å²) in [6, 6.07) is 8.13. The number of carbonyl (C=O) groups excluding carboxylic acids is 1. The highest BCUT2D eigenvalue weighted by Gasteiger charge is 2.14. The maximum atomic E-state index is 12.1. The third-order valence-electron chi connectivity index (χ3n) is 4.17. The monoisotopic (exact) mass is 313 g/mol. The molecular weight excluding hydrogens is 286 g/mol. The third kappa shape index (κ3) is 4.21. The molecule has 0 spiro atoms. The van der Waals surface area contributed by atoms with E-state index in [1.165, 1.54) is 0 Å². The van der Waals surface area contributed by atoms with Crippen LogP contribution >= 0.6 is 0 Å². The summed E-state index contributed by atoms with van der Waals surface area (Å²) in [5.74, 6) is 1.26. The van der Waals surface area contributed by atoms with Crippen LogP contribution in [0.5, 0.6) is 0 Å². The van der Waals surface area contributed by atoms with Gasteiger partial charge in [0.05, 0.1) is 11.0 Å². The minimum Gasteiger partial charge on any atom is -0.355 e. The maximum Gasteiger partial charge on any atom is 0.223 e. The molecule has 4 nitrogen and oxygen atoms in total. The van der Waals surface area contributed by atoms with Crippen LogP contribution in [-0.4, -0.2) is 22.0 Å². The lowest BCUT2D eigenvalue weighted by molar-refractivity contribution is -0.125. The maximum absolute atomic E-state index is 12.1. The lowest BCUT2D eigenvalue weighted by Gasteiger charge is -2.13. The number of fused-ring (bicyclic) bond motifs is 1. The molecule has 0 fully saturated rings. The molecule has 0 aliphatic carbocycles. The van der Waals surface area contributed by atoms with Gasteiger partial charge in [0.2, 0.25) is 5.91 Å². The summed E-state index contributed by atoms with van der Waals surface area (Å²) in [6.07, 6.45) is 2.50. The van der Waals surface area contributed by atoms with E-state index in [1.54, 1.807) is 0 Å². The summed E-state index contributed by atoms with van der Waals surface area (Å²) in [4.78, 5) is 16.8. The first-order chi connectivity index (χ1) is 11.1. The number of benzene rings is 1. The van der Waals surface area contributed by atoms with Gasteiger partial charge in [0.15, 0.2) is 0 Å². The van der Waals surface area contributed by atoms with Gasteiger partial charge in [-0.05, 0) is 31.9 Å². The molecule has 4 heteroatoms. The van der Waals surface area contributed by atoms with Crippen molar-refractivity contribution in [1.82, 2.24) is 14.9 Å². The van der Waals surface area contributed by atoms with Crippen molar-refractivity contribution >= 4 is 16.9 Å². The summed E-state index contributed by atoms with van der Waals surface area (Å²) < 4.78 is 2.20. The van der Waals surface area contributed by atoms with Crippen molar-refractivity contribution in [2.75, 3.05) is 6.54 Å². The normalized spacial score (nSPS) is 11.1. The SMILES string of the molecule is C=C(C)Cn1c(CCNC(=O)C(CC)CC)nc2ccccc21. The topological polar surface area (TPSA) is 46.9 Å². The summed E-state index contributed by atoms with van der Waals surface area (Å²) in [5, 5.41) is 3.04. The van der Waals surface area contributed by atoms with Crippen LogP contribution in [0.3, 0.4) is 0 Å². The van der Waals surface area contributed by atoms with Gasteiger partial charge in [0, 0.05) is 25.4 Å². The number of carbonyl (C=O) groups is 1. The van der Waals surface area contributed by atoms with E-state index in [0.717, 1.165) is 48.2 Å². The minimum absolute atomic E-state index is 0.115. The largest absolute Gasteiger partial charge is 0.355 e. The van der Waals surface area contributed by atoms with Crippen molar-refractivity contribution < 1.29 is 4.79 Å². The Morgan fingerprint density at radius 2 is 2.00 bits per heavy atom. The quantitative estimate of drug-likeness (QED) is 0.755. The Labute approximate surface area is 138 Å². The van der Waals surface area contributed by atoms with Crippen LogP contribution < -0.4 is 5.32 Å². The van der Waals surface area contributed by atoms with E-state index in [1.807, 2.05) is 25.1 Å². The van der Waals surface area contributed by atoms with E-state index >= 15 is 0 Å². The van der Waals surface area contributed by atoms with E-state index in [2.05, 4.69) is 36.4 Å². The highest BCUT2D eigenvalue weighted by atomic mass is 16.1. The average molecular weight is 313 g/mol. The van der Waals surface area contributed by atoms with E-state index in [9.17, 15) is 4.79 Å². The predicted octanol–water partition coefficient (Wildman–Crippen LogP) is 3.71. The number of rotatable bonds is 8. The number of nitrogens with one attached hydrogen (secondary N) is 1. The molecule has 1 amide bonds. The van der Waals surface area contributed by atoms with Crippen molar-refractivity contribution in [3.05, 3.63) is 42.2 Å². The number of aromatic nitrogens is 2. The van der Waals surface area contributed by atoms with Gasteiger partial charge in [-0.2, -0.15) is 0 Å². The number of hydrogen-bond donors (Lipinski definition) is 1. The molecule has 0 radical (unpaired) electrons. The zero-order valence-electron chi connectivity index (χ0n) is 14.4. The number of nitrogens with zero attached hydrogens (tertiary/aromatic N) is 2. The van der Waals surface area contributed by atoms with Gasteiger partial charge in [0.1, 0.15) is 5.82 Å². The molecule has 124 valence electrons. The van der Waals surface area contributed by atoms with Crippen molar-refractivity contribution in [2.24, 2.45) is 5.92 Å². The van der Waals surface area contributed by atoms with Crippen molar-refractivity contribution in [2.45, 2.75) is 46.6 Å². The van der Waals surface area contributed by atoms with E-state index in [-0.39, 0.29) is 11.8 Å². The van der Waals surface area contributed by atoms with Gasteiger partial charge < -0.3 is 9.88 Å². The van der Waals surface area contributed by atoms with Crippen LogP contribution in [0, 0.1) is 5.92 Å². The van der Waals surface area contributed by atoms with Gasteiger partial charge in [0.25, 0.3) is 0 Å². The first kappa shape index (κ1) is 17.3. The lowest BCUT2D eigenvalue weighted by Crippen LogP contribution is -2.32. The molecule has 1 aromatic heterocycles. The Hall–Kier alpha value is -2.10. The highest BCUT2D eigenvalue weighted by Crippen LogP contribution is 2.17. The minimum atomic E-state index is 0.115. The number of allylic oxidation sites excluding steroid dienone is 1. The summed E-state index contributed by atoms with van der Waals surface area (Å²) in [5.41, 5.74) is 3.21. The zero-order valence-corrected chi connectivity index (χ0v) is 14.4. The fourth-order valence-electron chi connectivity index (χ4n) is 2.86. The van der Waals surface area contributed by atoms with Gasteiger partial charge in [-0.3, -0.25) is 4.79 Å². The molecular formula is C19H27N3O. The molecule has 2 rings (SSSR count). The number of imidazole rings is 1. The van der Waals surface area contributed by atoms with Gasteiger partial charge in [-0.25, -0.2) is 4.98 Å². The fourth-order valence-corrected chi connectivity index (χ4v) is 2.86. The Balaban J connectivity index is 2.10. The standard InChI is InChI=1S/C19H27N3O/c1-5-15(6-2)19(23)20-12-11-18-21-16-9-7-8-10-17(16)22(18)13-14(3)4/h7-10,15H,3,5-6,11-13H2,1-2,4H3,(H,20,23). The van der Waals surface area contributed by atoms with Crippen molar-refractivity contribution in [3.8, 4) is 0 Å². The summed E-state index contributed by atoms with van der Waals surface area (Å²) >= 11 is 0. The second-order valence-electron chi connectivity index (χ2n) is 6.11. The summed E-state index contributed by atoms with van der Waals surface area (Å²) in [7, 11) is 0. The Morgan fingerprint density at radius 3 is 2.65 bits per heavy atom. The van der Waals surface area contributed by atoms with Crippen LogP contribution in [-0.2, 0) is 17.8 Å². The van der Waals surface area contributed by atoms with E-state index < -0.39 is 0 Å². The first-order valence-electron chi connectivity index (χ1n) is 8.43. The lowest BCUT2D eigenvalue weighted by atomic mass is 10.0. The van der Waals surface area contributed by atoms with Crippen LogP contribution in [0.4, 0.5) is 0 Å². The molecule has 1 heterocycles. The Bertz CT molecular complexity index is 683. The molecule has 0 saturated carbocycles. The van der Waals surface area contributed by atoms with Crippen molar-refractivity contribution in [3.63, 3.8) is 0 Å². The zero-order chi connectivity index (χ0) is 16.8. The molecule has 0 aliphatic rings. The predicted molar refractivity (Wildman–Crippen MR) is 95.3 cm³/mol. The van der Waals surface area contributed by atoms with E-state index in [4.69, 9.17) is 4.98 Å². The van der Waals surface area contributed by atoms with Gasteiger partial charge in [-0.15, -0.1) is 0 Å². The molecule has 0 aliphatic heterocycles. The van der Waals surface area contributed by atoms with E-state index in [0.29, 0.717) is 6.54 Å². The molecule has 0 saturated heterocycles. The second kappa shape index (κ2) is 7.95. The van der Waals surface area contributed by atoms with Crippen LogP contribution in [0.2, 0.25) is 0 Å². The smallest absolute Gasteiger partial charge is 0.223 e. The molecule has 1 aromatic carbocycles.